The van der Waals surface area contributed by atoms with Gasteiger partial charge in [-0.2, -0.15) is 4.98 Å². The summed E-state index contributed by atoms with van der Waals surface area (Å²) in [6, 6.07) is 14.4. The van der Waals surface area contributed by atoms with Crippen LogP contribution in [0.5, 0.6) is 5.75 Å². The number of amides is 1. The van der Waals surface area contributed by atoms with E-state index in [0.717, 1.165) is 18.4 Å². The van der Waals surface area contributed by atoms with Gasteiger partial charge in [0.1, 0.15) is 5.75 Å². The summed E-state index contributed by atoms with van der Waals surface area (Å²) < 4.78 is 16.0. The van der Waals surface area contributed by atoms with Crippen LogP contribution >= 0.6 is 11.6 Å². The highest BCUT2D eigenvalue weighted by atomic mass is 35.5. The third-order valence-electron chi connectivity index (χ3n) is 5.78. The van der Waals surface area contributed by atoms with Gasteiger partial charge in [0.05, 0.1) is 24.6 Å². The predicted octanol–water partition coefficient (Wildman–Crippen LogP) is 4.47. The normalized spacial score (nSPS) is 14.6. The molecule has 0 aliphatic heterocycles. The van der Waals surface area contributed by atoms with E-state index in [0.29, 0.717) is 29.3 Å². The van der Waals surface area contributed by atoms with Crippen molar-refractivity contribution in [2.75, 3.05) is 12.4 Å². The monoisotopic (exact) mass is 469 g/mol. The van der Waals surface area contributed by atoms with Crippen LogP contribution in [0.15, 0.2) is 53.1 Å². The first-order valence-electron chi connectivity index (χ1n) is 10.7. The summed E-state index contributed by atoms with van der Waals surface area (Å²) in [6.07, 6.45) is 3.23. The number of ether oxygens (including phenoxy) is 2. The zero-order valence-electron chi connectivity index (χ0n) is 18.2. The standard InChI is InChI=1S/C24H24ClN3O5/c1-31-19-7-3-2-6-18(19)26-21(29)14-20-27-22(33-28-20)15-32-23(30)24(12-4-5-13-24)16-8-10-17(25)11-9-16/h2-3,6-11H,4-5,12-15H2,1H3,(H,26,29). The Labute approximate surface area is 196 Å². The molecule has 0 unspecified atom stereocenters. The molecule has 0 atom stereocenters. The highest BCUT2D eigenvalue weighted by Crippen LogP contribution is 2.42. The second-order valence-electron chi connectivity index (χ2n) is 7.90. The number of nitrogens with zero attached hydrogens (tertiary/aromatic N) is 2. The molecular formula is C24H24ClN3O5. The van der Waals surface area contributed by atoms with E-state index in [2.05, 4.69) is 15.5 Å². The summed E-state index contributed by atoms with van der Waals surface area (Å²) in [5, 5.41) is 7.19. The van der Waals surface area contributed by atoms with Gasteiger partial charge in [-0.25, -0.2) is 0 Å². The predicted molar refractivity (Wildman–Crippen MR) is 121 cm³/mol. The van der Waals surface area contributed by atoms with Gasteiger partial charge in [-0.15, -0.1) is 0 Å². The largest absolute Gasteiger partial charge is 0.495 e. The number of rotatable bonds is 8. The highest BCUT2D eigenvalue weighted by molar-refractivity contribution is 6.30. The number of hydrogen-bond donors (Lipinski definition) is 1. The second kappa shape index (κ2) is 10.0. The number of aromatic nitrogens is 2. The van der Waals surface area contributed by atoms with Gasteiger partial charge >= 0.3 is 5.97 Å². The lowest BCUT2D eigenvalue weighted by molar-refractivity contribution is -0.152. The number of nitrogens with one attached hydrogen (secondary N) is 1. The molecule has 0 radical (unpaired) electrons. The molecule has 1 heterocycles. The fraction of sp³-hybridized carbons (Fsp3) is 0.333. The van der Waals surface area contributed by atoms with Crippen LogP contribution in [-0.4, -0.2) is 29.1 Å². The van der Waals surface area contributed by atoms with E-state index >= 15 is 0 Å². The molecule has 8 nitrogen and oxygen atoms in total. The molecule has 1 fully saturated rings. The van der Waals surface area contributed by atoms with Gasteiger partial charge in [-0.1, -0.05) is 53.9 Å². The van der Waals surface area contributed by atoms with Crippen LogP contribution in [0, 0.1) is 0 Å². The molecule has 1 aliphatic rings. The number of hydrogen-bond acceptors (Lipinski definition) is 7. The molecule has 1 N–H and O–H groups in total. The minimum Gasteiger partial charge on any atom is -0.495 e. The lowest BCUT2D eigenvalue weighted by atomic mass is 9.79. The molecular weight excluding hydrogens is 446 g/mol. The smallest absolute Gasteiger partial charge is 0.317 e. The van der Waals surface area contributed by atoms with Gasteiger partial charge < -0.3 is 19.3 Å². The summed E-state index contributed by atoms with van der Waals surface area (Å²) in [4.78, 5) is 29.6. The third-order valence-corrected chi connectivity index (χ3v) is 6.03. The van der Waals surface area contributed by atoms with Gasteiger partial charge in [0.2, 0.25) is 5.91 Å². The van der Waals surface area contributed by atoms with Crippen LogP contribution in [0.4, 0.5) is 5.69 Å². The van der Waals surface area contributed by atoms with E-state index in [-0.39, 0.29) is 36.6 Å². The Balaban J connectivity index is 1.36. The lowest BCUT2D eigenvalue weighted by Crippen LogP contribution is -2.34. The van der Waals surface area contributed by atoms with Gasteiger partial charge in [-0.05, 0) is 42.7 Å². The van der Waals surface area contributed by atoms with Crippen LogP contribution < -0.4 is 10.1 Å². The van der Waals surface area contributed by atoms with Crippen molar-refractivity contribution in [1.29, 1.82) is 0 Å². The average Bonchev–Trinajstić information content (AvgIpc) is 3.49. The van der Waals surface area contributed by atoms with Crippen molar-refractivity contribution in [2.45, 2.75) is 44.1 Å². The maximum atomic E-state index is 13.1. The Kier molecular flexibility index (Phi) is 6.93. The van der Waals surface area contributed by atoms with Crippen molar-refractivity contribution in [3.63, 3.8) is 0 Å². The van der Waals surface area contributed by atoms with Crippen molar-refractivity contribution < 1.29 is 23.6 Å². The first-order chi connectivity index (χ1) is 16.0. The summed E-state index contributed by atoms with van der Waals surface area (Å²) >= 11 is 6.00. The van der Waals surface area contributed by atoms with E-state index in [9.17, 15) is 9.59 Å². The van der Waals surface area contributed by atoms with Gasteiger partial charge in [-0.3, -0.25) is 9.59 Å². The zero-order valence-corrected chi connectivity index (χ0v) is 18.9. The SMILES string of the molecule is COc1ccccc1NC(=O)Cc1noc(COC(=O)C2(c3ccc(Cl)cc3)CCCC2)n1. The van der Waals surface area contributed by atoms with E-state index in [1.54, 1.807) is 30.3 Å². The number of methoxy groups -OCH3 is 1. The zero-order chi connectivity index (χ0) is 23.3. The van der Waals surface area contributed by atoms with E-state index in [1.165, 1.54) is 7.11 Å². The van der Waals surface area contributed by atoms with Crippen molar-refractivity contribution in [3.05, 3.63) is 70.8 Å². The Hall–Kier alpha value is -3.39. The van der Waals surface area contributed by atoms with Crippen LogP contribution in [0.2, 0.25) is 5.02 Å². The quantitative estimate of drug-likeness (QED) is 0.485. The molecule has 1 aliphatic carbocycles. The van der Waals surface area contributed by atoms with Crippen LogP contribution in [0.25, 0.3) is 0 Å². The number of anilines is 1. The number of halogens is 1. The Bertz CT molecular complexity index is 1120. The lowest BCUT2D eigenvalue weighted by Gasteiger charge is -2.27. The van der Waals surface area contributed by atoms with E-state index < -0.39 is 5.41 Å². The Morgan fingerprint density at radius 3 is 2.58 bits per heavy atom. The first kappa shape index (κ1) is 22.8. The number of carbonyl (C=O) groups excluding carboxylic acids is 2. The molecule has 2 aromatic carbocycles. The third kappa shape index (κ3) is 5.17. The van der Waals surface area contributed by atoms with Crippen LogP contribution in [-0.2, 0) is 32.8 Å². The molecule has 1 saturated carbocycles. The fourth-order valence-corrected chi connectivity index (χ4v) is 4.26. The first-order valence-corrected chi connectivity index (χ1v) is 11.1. The highest BCUT2D eigenvalue weighted by Gasteiger charge is 2.44. The molecule has 0 bridgehead atoms. The maximum Gasteiger partial charge on any atom is 0.317 e. The minimum absolute atomic E-state index is 0.0930. The molecule has 1 amide bonds. The topological polar surface area (TPSA) is 104 Å². The number of esters is 1. The summed E-state index contributed by atoms with van der Waals surface area (Å²) in [7, 11) is 1.53. The second-order valence-corrected chi connectivity index (χ2v) is 8.34. The van der Waals surface area contributed by atoms with Crippen LogP contribution in [0.3, 0.4) is 0 Å². The number of carbonyl (C=O) groups is 2. The molecule has 0 saturated heterocycles. The maximum absolute atomic E-state index is 13.1. The van der Waals surface area contributed by atoms with Crippen molar-refractivity contribution >= 4 is 29.2 Å². The Morgan fingerprint density at radius 2 is 1.85 bits per heavy atom. The number of benzene rings is 2. The summed E-state index contributed by atoms with van der Waals surface area (Å²) in [5.74, 6) is 0.231. The summed E-state index contributed by atoms with van der Waals surface area (Å²) in [5.41, 5.74) is 0.752. The van der Waals surface area contributed by atoms with Gasteiger partial charge in [0.15, 0.2) is 12.4 Å². The summed E-state index contributed by atoms with van der Waals surface area (Å²) in [6.45, 7) is -0.157. The fourth-order valence-electron chi connectivity index (χ4n) is 4.13. The average molecular weight is 470 g/mol. The van der Waals surface area contributed by atoms with Gasteiger partial charge in [0.25, 0.3) is 5.89 Å². The Morgan fingerprint density at radius 1 is 1.12 bits per heavy atom. The molecule has 1 aromatic heterocycles. The molecule has 0 spiro atoms. The van der Waals surface area contributed by atoms with E-state index in [4.69, 9.17) is 25.6 Å². The van der Waals surface area contributed by atoms with Crippen LogP contribution in [0.1, 0.15) is 43.0 Å². The van der Waals surface area contributed by atoms with Crippen molar-refractivity contribution in [1.82, 2.24) is 10.1 Å². The molecule has 33 heavy (non-hydrogen) atoms. The minimum atomic E-state index is -0.692. The van der Waals surface area contributed by atoms with Gasteiger partial charge in [0, 0.05) is 5.02 Å². The molecule has 4 rings (SSSR count). The van der Waals surface area contributed by atoms with Crippen molar-refractivity contribution in [3.8, 4) is 5.75 Å². The molecule has 9 heteroatoms. The van der Waals surface area contributed by atoms with Crippen molar-refractivity contribution in [2.24, 2.45) is 0 Å². The number of para-hydroxylation sites is 2. The van der Waals surface area contributed by atoms with E-state index in [1.807, 2.05) is 18.2 Å². The molecule has 172 valence electrons. The molecule has 3 aromatic rings.